The lowest BCUT2D eigenvalue weighted by Crippen LogP contribution is -2.47. The number of carboxylic acids is 4. The molecule has 12 nitrogen and oxygen atoms in total. The van der Waals surface area contributed by atoms with E-state index >= 15 is 0 Å². The molecule has 230 valence electrons. The van der Waals surface area contributed by atoms with E-state index in [0.717, 1.165) is 43.9 Å². The normalized spacial score (nSPS) is 13.3. The lowest BCUT2D eigenvalue weighted by Gasteiger charge is -2.35. The van der Waals surface area contributed by atoms with Crippen LogP contribution in [0.3, 0.4) is 0 Å². The molecular weight excluding hydrogens is 568 g/mol. The molecule has 0 spiro atoms. The van der Waals surface area contributed by atoms with Gasteiger partial charge >= 0.3 is 23.9 Å². The molecule has 0 bridgehead atoms. The van der Waals surface area contributed by atoms with E-state index in [1.807, 2.05) is 0 Å². The van der Waals surface area contributed by atoms with Gasteiger partial charge in [0.25, 0.3) is 0 Å². The minimum atomic E-state index is -1.26. The Bertz CT molecular complexity index is 1570. The van der Waals surface area contributed by atoms with Gasteiger partial charge in [0.1, 0.15) is 5.82 Å². The van der Waals surface area contributed by atoms with Gasteiger partial charge in [0.2, 0.25) is 0 Å². The molecule has 0 radical (unpaired) electrons. The van der Waals surface area contributed by atoms with Crippen LogP contribution in [0, 0.1) is 0 Å². The zero-order valence-corrected chi connectivity index (χ0v) is 23.9. The van der Waals surface area contributed by atoms with Crippen LogP contribution in [0.4, 0.5) is 5.82 Å². The molecule has 1 aliphatic heterocycles. The number of anilines is 1. The summed E-state index contributed by atoms with van der Waals surface area (Å²) >= 11 is 0. The van der Waals surface area contributed by atoms with Crippen LogP contribution in [0.5, 0.6) is 0 Å². The van der Waals surface area contributed by atoms with Crippen molar-refractivity contribution in [3.8, 4) is 0 Å². The summed E-state index contributed by atoms with van der Waals surface area (Å²) < 4.78 is 0. The Hall–Kier alpha value is -5.49. The Morgan fingerprint density at radius 3 is 1.91 bits per heavy atom. The largest absolute Gasteiger partial charge is 0.478 e. The summed E-state index contributed by atoms with van der Waals surface area (Å²) in [6.45, 7) is 5.50. The topological polar surface area (TPSA) is 184 Å². The third-order valence-electron chi connectivity index (χ3n) is 6.61. The van der Waals surface area contributed by atoms with E-state index < -0.39 is 23.9 Å². The van der Waals surface area contributed by atoms with Crippen molar-refractivity contribution in [1.29, 1.82) is 0 Å². The first-order chi connectivity index (χ1) is 21.1. The van der Waals surface area contributed by atoms with Crippen LogP contribution in [0.1, 0.15) is 12.0 Å². The van der Waals surface area contributed by atoms with Crippen molar-refractivity contribution in [2.45, 2.75) is 12.8 Å². The zero-order valence-electron chi connectivity index (χ0n) is 23.9. The first kappa shape index (κ1) is 33.0. The molecule has 3 heterocycles. The number of aliphatic carboxylic acids is 4. The molecular formula is C32H34N4O8. The molecule has 2 aromatic carbocycles. The highest BCUT2D eigenvalue weighted by Gasteiger charge is 2.18. The number of benzene rings is 2. The molecule has 0 amide bonds. The van der Waals surface area contributed by atoms with Gasteiger partial charge in [-0.1, -0.05) is 36.4 Å². The minimum Gasteiger partial charge on any atom is -0.478 e. The van der Waals surface area contributed by atoms with Gasteiger partial charge in [0.05, 0.1) is 5.52 Å². The van der Waals surface area contributed by atoms with Gasteiger partial charge in [-0.05, 0) is 49.2 Å². The number of nitrogens with zero attached hydrogens (tertiary/aromatic N) is 3. The number of hydrogen-bond acceptors (Lipinski definition) is 7. The number of fused-ring (bicyclic) bond motifs is 2. The van der Waals surface area contributed by atoms with Crippen LogP contribution in [-0.2, 0) is 25.6 Å². The Labute approximate surface area is 253 Å². The second-order valence-corrected chi connectivity index (χ2v) is 9.67. The fraction of sp³-hybridized carbons (Fsp3) is 0.219. The summed E-state index contributed by atoms with van der Waals surface area (Å²) in [6, 6.07) is 21.3. The van der Waals surface area contributed by atoms with Crippen molar-refractivity contribution >= 4 is 51.5 Å². The number of pyridine rings is 1. The lowest BCUT2D eigenvalue weighted by molar-refractivity contribution is -0.134. The number of piperazine rings is 1. The average Bonchev–Trinajstić information content (AvgIpc) is 3.43. The predicted octanol–water partition coefficient (Wildman–Crippen LogP) is 3.89. The van der Waals surface area contributed by atoms with E-state index in [0.29, 0.717) is 24.3 Å². The van der Waals surface area contributed by atoms with E-state index in [1.54, 1.807) is 0 Å². The Balaban J connectivity index is 0.000000275. The predicted molar refractivity (Wildman–Crippen MR) is 166 cm³/mol. The third kappa shape index (κ3) is 11.1. The summed E-state index contributed by atoms with van der Waals surface area (Å²) in [5.74, 6) is -3.92. The number of carbonyl (C=O) groups is 4. The fourth-order valence-electron chi connectivity index (χ4n) is 4.55. The Kier molecular flexibility index (Phi) is 12.6. The van der Waals surface area contributed by atoms with Crippen LogP contribution in [0.25, 0.3) is 21.8 Å². The SMILES string of the molecule is O=C(O)C=CC(=O)O.O=C(O)C=CC(=O)O.c1ccc2nc(N3CCN(CCCc4c[nH]c5ccccc45)CC3)ccc2c1. The summed E-state index contributed by atoms with van der Waals surface area (Å²) in [5.41, 5.74) is 3.77. The molecule has 0 unspecified atom stereocenters. The summed E-state index contributed by atoms with van der Waals surface area (Å²) in [7, 11) is 0. The number of H-pyrrole nitrogens is 1. The maximum Gasteiger partial charge on any atom is 0.328 e. The molecule has 2 aromatic heterocycles. The molecule has 1 aliphatic rings. The van der Waals surface area contributed by atoms with Gasteiger partial charge < -0.3 is 30.3 Å². The van der Waals surface area contributed by atoms with Crippen LogP contribution in [-0.4, -0.2) is 91.9 Å². The zero-order chi connectivity index (χ0) is 31.9. The minimum absolute atomic E-state index is 0.558. The number of aryl methyl sites for hydroxylation is 1. The fourth-order valence-corrected chi connectivity index (χ4v) is 4.55. The van der Waals surface area contributed by atoms with E-state index in [2.05, 4.69) is 81.6 Å². The highest BCUT2D eigenvalue weighted by Crippen LogP contribution is 2.21. The number of hydrogen-bond donors (Lipinski definition) is 5. The molecule has 44 heavy (non-hydrogen) atoms. The van der Waals surface area contributed by atoms with Gasteiger partial charge in [-0.15, -0.1) is 0 Å². The number of carboxylic acid groups (broad SMARTS) is 4. The summed E-state index contributed by atoms with van der Waals surface area (Å²) in [6.07, 6.45) is 6.75. The molecule has 12 heteroatoms. The maximum absolute atomic E-state index is 9.55. The highest BCUT2D eigenvalue weighted by atomic mass is 16.4. The van der Waals surface area contributed by atoms with E-state index in [9.17, 15) is 19.2 Å². The van der Waals surface area contributed by atoms with Crippen LogP contribution < -0.4 is 4.90 Å². The van der Waals surface area contributed by atoms with Crippen molar-refractivity contribution in [2.24, 2.45) is 0 Å². The second kappa shape index (κ2) is 16.8. The molecule has 0 aliphatic carbocycles. The van der Waals surface area contributed by atoms with Crippen molar-refractivity contribution in [2.75, 3.05) is 37.6 Å². The molecule has 0 atom stereocenters. The van der Waals surface area contributed by atoms with Crippen molar-refractivity contribution in [3.63, 3.8) is 0 Å². The molecule has 5 rings (SSSR count). The van der Waals surface area contributed by atoms with Crippen molar-refractivity contribution in [1.82, 2.24) is 14.9 Å². The molecule has 5 N–H and O–H groups in total. The number of aromatic nitrogens is 2. The van der Waals surface area contributed by atoms with Crippen LogP contribution >= 0.6 is 0 Å². The van der Waals surface area contributed by atoms with Gasteiger partial charge in [-0.3, -0.25) is 4.90 Å². The van der Waals surface area contributed by atoms with Gasteiger partial charge in [-0.25, -0.2) is 24.2 Å². The van der Waals surface area contributed by atoms with Gasteiger partial charge in [-0.2, -0.15) is 0 Å². The number of para-hydroxylation sites is 2. The summed E-state index contributed by atoms with van der Waals surface area (Å²) in [5, 5.41) is 33.8. The van der Waals surface area contributed by atoms with Gasteiger partial charge in [0.15, 0.2) is 0 Å². The van der Waals surface area contributed by atoms with Crippen LogP contribution in [0.15, 0.2) is 91.2 Å². The average molecular weight is 603 g/mol. The van der Waals surface area contributed by atoms with Crippen LogP contribution in [0.2, 0.25) is 0 Å². The van der Waals surface area contributed by atoms with E-state index in [-0.39, 0.29) is 0 Å². The molecule has 1 saturated heterocycles. The number of rotatable bonds is 9. The quantitative estimate of drug-likeness (QED) is 0.175. The monoisotopic (exact) mass is 602 g/mol. The van der Waals surface area contributed by atoms with Crippen molar-refractivity contribution in [3.05, 3.63) is 96.7 Å². The maximum atomic E-state index is 9.55. The Morgan fingerprint density at radius 2 is 1.30 bits per heavy atom. The number of aromatic amines is 1. The third-order valence-corrected chi connectivity index (χ3v) is 6.61. The lowest BCUT2D eigenvalue weighted by atomic mass is 10.1. The highest BCUT2D eigenvalue weighted by molar-refractivity contribution is 5.90. The van der Waals surface area contributed by atoms with E-state index in [4.69, 9.17) is 25.4 Å². The molecule has 4 aromatic rings. The standard InChI is InChI=1S/C24H26N4.2C4H4O4/c1-3-9-22-19(6-1)11-12-24(26-22)28-16-14-27(15-17-28)13-5-7-20-18-25-23-10-4-2-8-21(20)23;2*5-3(6)1-2-4(7)8/h1-4,6,8-12,18,25H,5,7,13-17H2;2*1-2H,(H,5,6)(H,7,8). The smallest absolute Gasteiger partial charge is 0.328 e. The first-order valence-corrected chi connectivity index (χ1v) is 13.8. The first-order valence-electron chi connectivity index (χ1n) is 13.8. The molecule has 1 fully saturated rings. The summed E-state index contributed by atoms with van der Waals surface area (Å²) in [4.78, 5) is 51.5. The molecule has 0 saturated carbocycles. The van der Waals surface area contributed by atoms with Gasteiger partial charge in [0, 0.05) is 73.0 Å². The van der Waals surface area contributed by atoms with Crippen molar-refractivity contribution < 1.29 is 39.6 Å². The number of nitrogens with one attached hydrogen (secondary N) is 1. The van der Waals surface area contributed by atoms with E-state index in [1.165, 1.54) is 34.8 Å². The second-order valence-electron chi connectivity index (χ2n) is 9.67. The Morgan fingerprint density at radius 1 is 0.727 bits per heavy atom.